The van der Waals surface area contributed by atoms with Crippen molar-refractivity contribution in [2.75, 3.05) is 0 Å². The zero-order valence-electron chi connectivity index (χ0n) is 17.4. The quantitative estimate of drug-likeness (QED) is 0.746. The first-order chi connectivity index (χ1) is 13.5. The third-order valence-corrected chi connectivity index (χ3v) is 5.44. The van der Waals surface area contributed by atoms with Gasteiger partial charge in [0.1, 0.15) is 23.0 Å². The Morgan fingerprint density at radius 1 is 1.28 bits per heavy atom. The molecule has 2 heterocycles. The molecule has 0 unspecified atom stereocenters. The second-order valence-electron chi connectivity index (χ2n) is 8.62. The van der Waals surface area contributed by atoms with Gasteiger partial charge in [-0.3, -0.25) is 4.79 Å². The van der Waals surface area contributed by atoms with Gasteiger partial charge in [-0.15, -0.1) is 0 Å². The van der Waals surface area contributed by atoms with Crippen molar-refractivity contribution in [2.45, 2.75) is 65.5 Å². The molecule has 0 fully saturated rings. The topological polar surface area (TPSA) is 106 Å². The first-order valence-corrected chi connectivity index (χ1v) is 9.79. The van der Waals surface area contributed by atoms with Crippen molar-refractivity contribution in [3.05, 3.63) is 39.2 Å². The Morgan fingerprint density at radius 2 is 1.97 bits per heavy atom. The zero-order chi connectivity index (χ0) is 21.5. The lowest BCUT2D eigenvalue weighted by atomic mass is 9.92. The van der Waals surface area contributed by atoms with E-state index in [1.165, 1.54) is 0 Å². The van der Waals surface area contributed by atoms with Gasteiger partial charge >= 0.3 is 11.6 Å². The second kappa shape index (κ2) is 7.54. The maximum absolute atomic E-state index is 12.5. The van der Waals surface area contributed by atoms with E-state index >= 15 is 0 Å². The van der Waals surface area contributed by atoms with Crippen molar-refractivity contribution >= 4 is 22.8 Å². The molecule has 2 N–H and O–H groups in total. The molecule has 7 nitrogen and oxygen atoms in total. The number of nitrogens with one attached hydrogen (secondary N) is 1. The number of fused-ring (bicyclic) bond motifs is 2. The Labute approximate surface area is 169 Å². The highest BCUT2D eigenvalue weighted by atomic mass is 16.5. The van der Waals surface area contributed by atoms with Crippen LogP contribution in [0.3, 0.4) is 0 Å². The average Bonchev–Trinajstić information content (AvgIpc) is 2.60. The Morgan fingerprint density at radius 3 is 2.59 bits per heavy atom. The fourth-order valence-electron chi connectivity index (χ4n) is 3.64. The van der Waals surface area contributed by atoms with E-state index in [-0.39, 0.29) is 23.5 Å². The number of carboxylic acid groups (broad SMARTS) is 1. The molecule has 0 saturated heterocycles. The molecule has 3 rings (SSSR count). The zero-order valence-corrected chi connectivity index (χ0v) is 17.4. The number of ether oxygens (including phenoxy) is 1. The molecule has 1 amide bonds. The van der Waals surface area contributed by atoms with Gasteiger partial charge in [0, 0.05) is 11.5 Å². The van der Waals surface area contributed by atoms with Gasteiger partial charge in [0.15, 0.2) is 0 Å². The Hall–Kier alpha value is -2.83. The van der Waals surface area contributed by atoms with Gasteiger partial charge in [-0.05, 0) is 56.7 Å². The number of benzene rings is 1. The van der Waals surface area contributed by atoms with Crippen LogP contribution in [0.5, 0.6) is 5.75 Å². The van der Waals surface area contributed by atoms with Crippen LogP contribution >= 0.6 is 0 Å². The van der Waals surface area contributed by atoms with Gasteiger partial charge in [0.25, 0.3) is 0 Å². The monoisotopic (exact) mass is 401 g/mol. The standard InChI is InChI=1S/C22H27NO6/c1-11(2)19(20(25)26)23-18(24)9-15-12(3)14-8-13-6-7-22(4,5)29-16(13)10-17(14)28-21(15)27/h8,10-11,19H,6-7,9H2,1-5H3,(H,23,24)(H,25,26)/t19-/m0/s1. The number of hydrogen-bond acceptors (Lipinski definition) is 5. The highest BCUT2D eigenvalue weighted by Gasteiger charge is 2.28. The van der Waals surface area contributed by atoms with Gasteiger partial charge in [0.2, 0.25) is 5.91 Å². The summed E-state index contributed by atoms with van der Waals surface area (Å²) in [4.78, 5) is 36.2. The molecule has 0 bridgehead atoms. The normalized spacial score (nSPS) is 16.2. The summed E-state index contributed by atoms with van der Waals surface area (Å²) >= 11 is 0. The molecular weight excluding hydrogens is 374 g/mol. The summed E-state index contributed by atoms with van der Waals surface area (Å²) in [5, 5.41) is 12.5. The number of carbonyl (C=O) groups is 2. The van der Waals surface area contributed by atoms with Crippen molar-refractivity contribution in [1.29, 1.82) is 0 Å². The molecule has 29 heavy (non-hydrogen) atoms. The Balaban J connectivity index is 1.95. The van der Waals surface area contributed by atoms with E-state index in [1.807, 2.05) is 19.9 Å². The summed E-state index contributed by atoms with van der Waals surface area (Å²) < 4.78 is 11.5. The molecule has 7 heteroatoms. The molecule has 1 aromatic carbocycles. The predicted molar refractivity (Wildman–Crippen MR) is 108 cm³/mol. The van der Waals surface area contributed by atoms with Crippen molar-refractivity contribution in [1.82, 2.24) is 5.32 Å². The van der Waals surface area contributed by atoms with Gasteiger partial charge in [0.05, 0.1) is 12.0 Å². The first-order valence-electron chi connectivity index (χ1n) is 9.79. The molecule has 1 aliphatic rings. The van der Waals surface area contributed by atoms with E-state index in [0.717, 1.165) is 23.8 Å². The first kappa shape index (κ1) is 20.9. The van der Waals surface area contributed by atoms with Crippen molar-refractivity contribution < 1.29 is 23.8 Å². The second-order valence-corrected chi connectivity index (χ2v) is 8.62. The van der Waals surface area contributed by atoms with Crippen LogP contribution in [0.1, 0.15) is 50.8 Å². The lowest BCUT2D eigenvalue weighted by Gasteiger charge is -2.32. The third kappa shape index (κ3) is 4.28. The van der Waals surface area contributed by atoms with Crippen LogP contribution in [-0.4, -0.2) is 28.6 Å². The fourth-order valence-corrected chi connectivity index (χ4v) is 3.64. The number of amides is 1. The maximum Gasteiger partial charge on any atom is 0.340 e. The van der Waals surface area contributed by atoms with Crippen molar-refractivity contribution in [3.63, 3.8) is 0 Å². The van der Waals surface area contributed by atoms with E-state index in [4.69, 9.17) is 9.15 Å². The molecule has 156 valence electrons. The van der Waals surface area contributed by atoms with Gasteiger partial charge < -0.3 is 19.6 Å². The summed E-state index contributed by atoms with van der Waals surface area (Å²) in [5.41, 5.74) is 1.48. The summed E-state index contributed by atoms with van der Waals surface area (Å²) in [6, 6.07) is 2.68. The smallest absolute Gasteiger partial charge is 0.340 e. The van der Waals surface area contributed by atoms with Crippen LogP contribution in [0.4, 0.5) is 0 Å². The SMILES string of the molecule is Cc1c(CC(=O)N[C@H](C(=O)O)C(C)C)c(=O)oc2cc3c(cc12)CCC(C)(C)O3. The molecule has 0 spiro atoms. The number of carbonyl (C=O) groups excluding carboxylic acids is 1. The lowest BCUT2D eigenvalue weighted by Crippen LogP contribution is -2.45. The van der Waals surface area contributed by atoms with E-state index in [2.05, 4.69) is 5.32 Å². The minimum absolute atomic E-state index is 0.235. The number of carboxylic acids is 1. The average molecular weight is 401 g/mol. The summed E-state index contributed by atoms with van der Waals surface area (Å²) in [5.74, 6) is -1.20. The van der Waals surface area contributed by atoms with Crippen molar-refractivity contribution in [3.8, 4) is 5.75 Å². The van der Waals surface area contributed by atoms with Crippen LogP contribution in [0.15, 0.2) is 21.3 Å². The van der Waals surface area contributed by atoms with Crippen LogP contribution in [-0.2, 0) is 22.4 Å². The van der Waals surface area contributed by atoms with E-state index in [1.54, 1.807) is 26.8 Å². The van der Waals surface area contributed by atoms with E-state index < -0.39 is 23.5 Å². The highest BCUT2D eigenvalue weighted by Crippen LogP contribution is 2.36. The van der Waals surface area contributed by atoms with Crippen LogP contribution in [0.25, 0.3) is 11.0 Å². The molecular formula is C22H27NO6. The summed E-state index contributed by atoms with van der Waals surface area (Å²) in [6.07, 6.45) is 1.49. The van der Waals surface area contributed by atoms with Gasteiger partial charge in [-0.1, -0.05) is 13.8 Å². The van der Waals surface area contributed by atoms with Crippen LogP contribution in [0, 0.1) is 12.8 Å². The van der Waals surface area contributed by atoms with Gasteiger partial charge in [-0.2, -0.15) is 0 Å². The van der Waals surface area contributed by atoms with Crippen LogP contribution < -0.4 is 15.7 Å². The number of aryl methyl sites for hydroxylation is 2. The molecule has 0 saturated carbocycles. The Kier molecular flexibility index (Phi) is 5.43. The number of hydrogen-bond donors (Lipinski definition) is 2. The lowest BCUT2D eigenvalue weighted by molar-refractivity contribution is -0.143. The molecule has 0 radical (unpaired) electrons. The minimum Gasteiger partial charge on any atom is -0.487 e. The fraction of sp³-hybridized carbons (Fsp3) is 0.500. The molecule has 2 aromatic rings. The number of aliphatic carboxylic acids is 1. The minimum atomic E-state index is -1.11. The van der Waals surface area contributed by atoms with Crippen molar-refractivity contribution in [2.24, 2.45) is 5.92 Å². The van der Waals surface area contributed by atoms with Gasteiger partial charge in [-0.25, -0.2) is 9.59 Å². The number of rotatable bonds is 5. The molecule has 0 aliphatic carbocycles. The predicted octanol–water partition coefficient (Wildman–Crippen LogP) is 2.97. The molecule has 1 aliphatic heterocycles. The van der Waals surface area contributed by atoms with E-state index in [0.29, 0.717) is 16.9 Å². The summed E-state index contributed by atoms with van der Waals surface area (Å²) in [6.45, 7) is 9.23. The Bertz CT molecular complexity index is 1030. The third-order valence-electron chi connectivity index (χ3n) is 5.44. The highest BCUT2D eigenvalue weighted by molar-refractivity contribution is 5.88. The summed E-state index contributed by atoms with van der Waals surface area (Å²) in [7, 11) is 0. The largest absolute Gasteiger partial charge is 0.487 e. The van der Waals surface area contributed by atoms with E-state index in [9.17, 15) is 19.5 Å². The molecule has 1 atom stereocenters. The molecule has 1 aromatic heterocycles. The van der Waals surface area contributed by atoms with Crippen LogP contribution in [0.2, 0.25) is 0 Å². The maximum atomic E-state index is 12.5.